The van der Waals surface area contributed by atoms with E-state index in [0.717, 1.165) is 32.3 Å². The Morgan fingerprint density at radius 2 is 2.62 bits per heavy atom. The van der Waals surface area contributed by atoms with Crippen molar-refractivity contribution in [3.8, 4) is 0 Å². The van der Waals surface area contributed by atoms with E-state index in [0.29, 0.717) is 6.61 Å². The van der Waals surface area contributed by atoms with Crippen LogP contribution >= 0.6 is 0 Å². The lowest BCUT2D eigenvalue weighted by atomic mass is 10.2. The van der Waals surface area contributed by atoms with Crippen LogP contribution in [0, 0.1) is 0 Å². The lowest BCUT2D eigenvalue weighted by Gasteiger charge is -2.22. The zero-order valence-electron chi connectivity index (χ0n) is 10.1. The maximum atomic E-state index is 6.95. The summed E-state index contributed by atoms with van der Waals surface area (Å²) in [5.74, 6) is 0. The van der Waals surface area contributed by atoms with Crippen LogP contribution in [-0.2, 0) is 9.47 Å². The van der Waals surface area contributed by atoms with E-state index in [1.54, 1.807) is 6.08 Å². The molecule has 1 rings (SSSR count). The maximum Gasteiger partial charge on any atom is 0.157 e. The highest BCUT2D eigenvalue weighted by Gasteiger charge is 2.12. The number of ether oxygens (including phenoxy) is 2. The molecule has 1 unspecified atom stereocenters. The van der Waals surface area contributed by atoms with Crippen LogP contribution in [0.2, 0.25) is 0 Å². The van der Waals surface area contributed by atoms with Crippen molar-refractivity contribution < 1.29 is 12.2 Å². The molecule has 0 amide bonds. The Morgan fingerprint density at radius 3 is 3.38 bits per heavy atom. The molecule has 13 heavy (non-hydrogen) atoms. The van der Waals surface area contributed by atoms with E-state index in [1.807, 2.05) is 6.08 Å². The number of hydrogen-bond donors (Lipinski definition) is 0. The molecule has 0 aromatic carbocycles. The van der Waals surface area contributed by atoms with Gasteiger partial charge in [-0.3, -0.25) is 0 Å². The van der Waals surface area contributed by atoms with Gasteiger partial charge in [-0.15, -0.1) is 0 Å². The van der Waals surface area contributed by atoms with Crippen LogP contribution in [0.1, 0.15) is 41.7 Å². The van der Waals surface area contributed by atoms with Crippen molar-refractivity contribution in [2.45, 2.75) is 45.3 Å². The van der Waals surface area contributed by atoms with Crippen molar-refractivity contribution in [1.29, 1.82) is 0 Å². The van der Waals surface area contributed by atoms with Gasteiger partial charge in [-0.2, -0.15) is 0 Å². The normalized spacial score (nSPS) is 26.4. The Hall–Kier alpha value is -0.340. The molecule has 0 aliphatic carbocycles. The molecule has 1 saturated heterocycles. The lowest BCUT2D eigenvalue weighted by Crippen LogP contribution is -2.22. The fourth-order valence-electron chi connectivity index (χ4n) is 1.35. The smallest absolute Gasteiger partial charge is 0.157 e. The van der Waals surface area contributed by atoms with Gasteiger partial charge in [0.1, 0.15) is 0 Å². The molecule has 0 bridgehead atoms. The van der Waals surface area contributed by atoms with Gasteiger partial charge >= 0.3 is 0 Å². The third-order valence-electron chi connectivity index (χ3n) is 2.09. The first kappa shape index (κ1) is 8.01. The summed E-state index contributed by atoms with van der Waals surface area (Å²) in [4.78, 5) is 0. The minimum absolute atomic E-state index is 0.00262. The molecule has 2 nitrogen and oxygen atoms in total. The highest BCUT2D eigenvalue weighted by atomic mass is 16.7. The van der Waals surface area contributed by atoms with Crippen LogP contribution < -0.4 is 0 Å². The molecule has 1 fully saturated rings. The summed E-state index contributed by atoms with van der Waals surface area (Å²) < 4.78 is 24.9. The summed E-state index contributed by atoms with van der Waals surface area (Å²) in [7, 11) is 0. The number of allylic oxidation sites excluding steroid dienone is 2. The Morgan fingerprint density at radius 1 is 1.62 bits per heavy atom. The molecule has 0 aromatic rings. The van der Waals surface area contributed by atoms with Crippen molar-refractivity contribution in [1.82, 2.24) is 0 Å². The van der Waals surface area contributed by atoms with Gasteiger partial charge in [0.25, 0.3) is 0 Å². The molecule has 0 N–H and O–H groups in total. The predicted molar refractivity (Wildman–Crippen MR) is 53.6 cm³/mol. The molecule has 1 aliphatic rings. The summed E-state index contributed by atoms with van der Waals surface area (Å²) in [6.45, 7) is 0.687. The fourth-order valence-corrected chi connectivity index (χ4v) is 1.35. The second-order valence-electron chi connectivity index (χ2n) is 3.24. The maximum absolute atomic E-state index is 6.95. The molecule has 0 aromatic heterocycles. The van der Waals surface area contributed by atoms with Crippen LogP contribution in [0.3, 0.4) is 0 Å². The van der Waals surface area contributed by atoms with Gasteiger partial charge in [0.05, 0.1) is 6.61 Å². The second kappa shape index (κ2) is 7.10. The van der Waals surface area contributed by atoms with Crippen molar-refractivity contribution in [2.75, 3.05) is 13.2 Å². The van der Waals surface area contributed by atoms with E-state index < -0.39 is 6.88 Å². The Kier molecular flexibility index (Phi) is 4.37. The second-order valence-corrected chi connectivity index (χ2v) is 3.24. The van der Waals surface area contributed by atoms with Gasteiger partial charge in [-0.1, -0.05) is 12.2 Å². The Bertz CT molecular complexity index is 177. The first-order chi connectivity index (χ1) is 7.29. The third-order valence-corrected chi connectivity index (χ3v) is 2.09. The fraction of sp³-hybridized carbons (Fsp3) is 0.818. The molecule has 76 valence electrons. The van der Waals surface area contributed by atoms with Gasteiger partial charge in [-0.25, -0.2) is 0 Å². The summed E-state index contributed by atoms with van der Waals surface area (Å²) in [6, 6.07) is 0. The monoisotopic (exact) mass is 186 g/mol. The molecule has 0 saturated carbocycles. The van der Waals surface area contributed by atoms with Crippen molar-refractivity contribution >= 4 is 0 Å². The van der Waals surface area contributed by atoms with Crippen LogP contribution in [0.4, 0.5) is 0 Å². The highest BCUT2D eigenvalue weighted by Crippen LogP contribution is 2.13. The SMILES string of the molecule is [2H]C([2H])/C=C\CCCOC1CCCCO1. The number of rotatable bonds is 5. The van der Waals surface area contributed by atoms with Crippen LogP contribution in [0.5, 0.6) is 0 Å². The molecule has 1 aliphatic heterocycles. The number of hydrogen-bond acceptors (Lipinski definition) is 2. The van der Waals surface area contributed by atoms with Crippen molar-refractivity contribution in [3.63, 3.8) is 0 Å². The van der Waals surface area contributed by atoms with E-state index in [4.69, 9.17) is 12.2 Å². The minimum atomic E-state index is -0.840. The van der Waals surface area contributed by atoms with E-state index in [-0.39, 0.29) is 6.29 Å². The quantitative estimate of drug-likeness (QED) is 0.485. The van der Waals surface area contributed by atoms with Crippen LogP contribution in [-0.4, -0.2) is 19.5 Å². The van der Waals surface area contributed by atoms with Gasteiger partial charge in [0.2, 0.25) is 0 Å². The topological polar surface area (TPSA) is 18.5 Å². The summed E-state index contributed by atoms with van der Waals surface area (Å²) in [5.41, 5.74) is 0. The standard InChI is InChI=1S/C11H20O2/c1-2-3-4-6-9-12-11-8-5-7-10-13-11/h2-3,11H,4-10H2,1H3/b3-2-/i1D2. The van der Waals surface area contributed by atoms with Gasteiger partial charge in [0, 0.05) is 9.35 Å². The predicted octanol–water partition coefficient (Wildman–Crippen LogP) is 2.89. The molecule has 0 spiro atoms. The van der Waals surface area contributed by atoms with Crippen molar-refractivity contribution in [2.24, 2.45) is 0 Å². The molecular formula is C11H20O2. The van der Waals surface area contributed by atoms with E-state index in [2.05, 4.69) is 0 Å². The lowest BCUT2D eigenvalue weighted by molar-refractivity contribution is -0.162. The average Bonchev–Trinajstić information content (AvgIpc) is 2.24. The van der Waals surface area contributed by atoms with Crippen LogP contribution in [0.25, 0.3) is 0 Å². The molecular weight excluding hydrogens is 164 g/mol. The molecule has 1 atom stereocenters. The summed E-state index contributed by atoms with van der Waals surface area (Å²) >= 11 is 0. The van der Waals surface area contributed by atoms with E-state index >= 15 is 0 Å². The summed E-state index contributed by atoms with van der Waals surface area (Å²) in [5, 5.41) is 0. The van der Waals surface area contributed by atoms with Crippen LogP contribution in [0.15, 0.2) is 12.2 Å². The largest absolute Gasteiger partial charge is 0.353 e. The molecule has 2 heteroatoms. The molecule has 1 heterocycles. The highest BCUT2D eigenvalue weighted by molar-refractivity contribution is 4.76. The summed E-state index contributed by atoms with van der Waals surface area (Å²) in [6.07, 6.45) is 8.62. The zero-order valence-corrected chi connectivity index (χ0v) is 8.08. The average molecular weight is 186 g/mol. The van der Waals surface area contributed by atoms with E-state index in [9.17, 15) is 0 Å². The van der Waals surface area contributed by atoms with E-state index in [1.165, 1.54) is 6.42 Å². The van der Waals surface area contributed by atoms with Gasteiger partial charge < -0.3 is 9.47 Å². The Balaban J connectivity index is 1.92. The minimum Gasteiger partial charge on any atom is -0.353 e. The van der Waals surface area contributed by atoms with Crippen molar-refractivity contribution in [3.05, 3.63) is 12.2 Å². The number of unbranched alkanes of at least 4 members (excludes halogenated alkanes) is 1. The zero-order chi connectivity index (χ0) is 10.9. The first-order valence-electron chi connectivity index (χ1n) is 6.19. The Labute approximate surface area is 83.7 Å². The first-order valence-corrected chi connectivity index (χ1v) is 5.03. The third kappa shape index (κ3) is 5.06. The van der Waals surface area contributed by atoms with Gasteiger partial charge in [-0.05, 0) is 39.0 Å². The molecule has 0 radical (unpaired) electrons. The van der Waals surface area contributed by atoms with Gasteiger partial charge in [0.15, 0.2) is 6.29 Å².